The molecule has 2 amide bonds. The summed E-state index contributed by atoms with van der Waals surface area (Å²) >= 11 is 2.20. The van der Waals surface area contributed by atoms with E-state index in [1.807, 2.05) is 20.0 Å². The molecule has 0 saturated heterocycles. The van der Waals surface area contributed by atoms with Crippen molar-refractivity contribution >= 4 is 40.1 Å². The number of furan rings is 1. The number of carbonyl (C=O) groups is 2. The third-order valence-electron chi connectivity index (χ3n) is 4.03. The standard InChI is InChI=1S/C18H21IN6O3/c1-3-24-11-15(17(23-24)18(27)20-9-13-5-4-8-28-13)21-16(26)6-7-25-10-14(19)12(2)22-25/h4-5,8,10-11H,3,6-7,9H2,1-2H3,(H,20,27)(H,21,26). The van der Waals surface area contributed by atoms with Crippen LogP contribution in [0.3, 0.4) is 0 Å². The van der Waals surface area contributed by atoms with E-state index in [9.17, 15) is 9.59 Å². The van der Waals surface area contributed by atoms with Gasteiger partial charge in [0.25, 0.3) is 5.91 Å². The number of nitrogens with zero attached hydrogens (tertiary/aromatic N) is 4. The summed E-state index contributed by atoms with van der Waals surface area (Å²) < 4.78 is 9.61. The molecular weight excluding hydrogens is 475 g/mol. The largest absolute Gasteiger partial charge is 0.467 e. The zero-order valence-electron chi connectivity index (χ0n) is 15.6. The molecule has 0 fully saturated rings. The number of hydrogen-bond donors (Lipinski definition) is 2. The fourth-order valence-corrected chi connectivity index (χ4v) is 2.97. The number of aromatic nitrogens is 4. The van der Waals surface area contributed by atoms with Gasteiger partial charge in [-0.25, -0.2) is 0 Å². The zero-order chi connectivity index (χ0) is 20.1. The Labute approximate surface area is 175 Å². The van der Waals surface area contributed by atoms with Crippen molar-refractivity contribution in [3.05, 3.63) is 51.5 Å². The minimum Gasteiger partial charge on any atom is -0.467 e. The van der Waals surface area contributed by atoms with E-state index in [1.165, 1.54) is 0 Å². The molecule has 3 aromatic heterocycles. The Hall–Kier alpha value is -2.63. The van der Waals surface area contributed by atoms with E-state index in [1.54, 1.807) is 34.0 Å². The second-order valence-electron chi connectivity index (χ2n) is 6.13. The van der Waals surface area contributed by atoms with Crippen LogP contribution >= 0.6 is 22.6 Å². The maximum absolute atomic E-state index is 12.5. The minimum atomic E-state index is -0.379. The van der Waals surface area contributed by atoms with Crippen LogP contribution in [0, 0.1) is 10.5 Å². The third kappa shape index (κ3) is 5.00. The number of halogens is 1. The molecule has 0 spiro atoms. The van der Waals surface area contributed by atoms with E-state index in [0.717, 1.165) is 9.26 Å². The number of nitrogens with one attached hydrogen (secondary N) is 2. The van der Waals surface area contributed by atoms with Gasteiger partial charge in [-0.15, -0.1) is 0 Å². The summed E-state index contributed by atoms with van der Waals surface area (Å²) in [4.78, 5) is 24.9. The second-order valence-corrected chi connectivity index (χ2v) is 7.30. The van der Waals surface area contributed by atoms with Crippen LogP contribution in [0.4, 0.5) is 5.69 Å². The normalized spacial score (nSPS) is 10.8. The molecule has 0 bridgehead atoms. The molecule has 0 atom stereocenters. The lowest BCUT2D eigenvalue weighted by Gasteiger charge is -2.06. The molecule has 0 aliphatic rings. The first kappa shape index (κ1) is 20.1. The number of carbonyl (C=O) groups excluding carboxylic acids is 2. The molecule has 10 heteroatoms. The van der Waals surface area contributed by atoms with E-state index >= 15 is 0 Å². The number of aryl methyl sites for hydroxylation is 3. The van der Waals surface area contributed by atoms with Gasteiger partial charge < -0.3 is 15.1 Å². The van der Waals surface area contributed by atoms with Crippen LogP contribution < -0.4 is 10.6 Å². The van der Waals surface area contributed by atoms with Gasteiger partial charge in [0.05, 0.1) is 27.8 Å². The second kappa shape index (κ2) is 9.04. The number of rotatable bonds is 8. The van der Waals surface area contributed by atoms with Crippen LogP contribution in [-0.4, -0.2) is 31.4 Å². The Morgan fingerprint density at radius 1 is 1.25 bits per heavy atom. The van der Waals surface area contributed by atoms with Crippen LogP contribution in [0.25, 0.3) is 0 Å². The van der Waals surface area contributed by atoms with Crippen molar-refractivity contribution in [2.24, 2.45) is 0 Å². The predicted molar refractivity (Wildman–Crippen MR) is 111 cm³/mol. The molecule has 3 heterocycles. The van der Waals surface area contributed by atoms with Gasteiger partial charge in [0.15, 0.2) is 5.69 Å². The lowest BCUT2D eigenvalue weighted by Crippen LogP contribution is -2.25. The average Bonchev–Trinajstić information content (AvgIpc) is 3.39. The van der Waals surface area contributed by atoms with E-state index < -0.39 is 0 Å². The molecule has 0 aliphatic heterocycles. The van der Waals surface area contributed by atoms with Crippen molar-refractivity contribution in [3.8, 4) is 0 Å². The molecule has 3 aromatic rings. The lowest BCUT2D eigenvalue weighted by molar-refractivity contribution is -0.116. The summed E-state index contributed by atoms with van der Waals surface area (Å²) in [5.74, 6) is 0.0491. The molecule has 0 saturated carbocycles. The first-order chi connectivity index (χ1) is 13.5. The monoisotopic (exact) mass is 496 g/mol. The van der Waals surface area contributed by atoms with Crippen LogP contribution in [0.5, 0.6) is 0 Å². The Balaban J connectivity index is 1.62. The molecule has 0 radical (unpaired) electrons. The topological polar surface area (TPSA) is 107 Å². The Kier molecular flexibility index (Phi) is 6.49. The van der Waals surface area contributed by atoms with Crippen molar-refractivity contribution in [2.45, 2.75) is 39.9 Å². The van der Waals surface area contributed by atoms with Crippen molar-refractivity contribution in [2.75, 3.05) is 5.32 Å². The van der Waals surface area contributed by atoms with Crippen LogP contribution in [0.15, 0.2) is 35.2 Å². The van der Waals surface area contributed by atoms with Crippen LogP contribution in [-0.2, 0) is 24.4 Å². The maximum atomic E-state index is 12.5. The van der Waals surface area contributed by atoms with Gasteiger partial charge in [-0.2, -0.15) is 10.2 Å². The first-order valence-corrected chi connectivity index (χ1v) is 9.91. The van der Waals surface area contributed by atoms with Crippen molar-refractivity contribution < 1.29 is 14.0 Å². The van der Waals surface area contributed by atoms with Gasteiger partial charge in [-0.1, -0.05) is 0 Å². The Morgan fingerprint density at radius 3 is 2.71 bits per heavy atom. The third-order valence-corrected chi connectivity index (χ3v) is 5.09. The van der Waals surface area contributed by atoms with Crippen molar-refractivity contribution in [1.82, 2.24) is 24.9 Å². The summed E-state index contributed by atoms with van der Waals surface area (Å²) in [7, 11) is 0. The minimum absolute atomic E-state index is 0.172. The number of hydrogen-bond acceptors (Lipinski definition) is 5. The van der Waals surface area contributed by atoms with E-state index in [2.05, 4.69) is 43.4 Å². The molecule has 148 valence electrons. The zero-order valence-corrected chi connectivity index (χ0v) is 17.8. The van der Waals surface area contributed by atoms with Gasteiger partial charge in [0.2, 0.25) is 5.91 Å². The SMILES string of the molecule is CCn1cc(NC(=O)CCn2cc(I)c(C)n2)c(C(=O)NCc2ccco2)n1. The van der Waals surface area contributed by atoms with Crippen LogP contribution in [0.2, 0.25) is 0 Å². The lowest BCUT2D eigenvalue weighted by atomic mass is 10.3. The number of amides is 2. The van der Waals surface area contributed by atoms with Gasteiger partial charge in [-0.3, -0.25) is 19.0 Å². The van der Waals surface area contributed by atoms with Gasteiger partial charge in [-0.05, 0) is 48.6 Å². The fourth-order valence-electron chi connectivity index (χ4n) is 2.54. The average molecular weight is 496 g/mol. The van der Waals surface area contributed by atoms with Crippen LogP contribution in [0.1, 0.15) is 35.3 Å². The van der Waals surface area contributed by atoms with E-state index in [4.69, 9.17) is 4.42 Å². The maximum Gasteiger partial charge on any atom is 0.274 e. The van der Waals surface area contributed by atoms with Gasteiger partial charge >= 0.3 is 0 Å². The van der Waals surface area contributed by atoms with Crippen molar-refractivity contribution in [3.63, 3.8) is 0 Å². The Morgan fingerprint density at radius 2 is 2.07 bits per heavy atom. The van der Waals surface area contributed by atoms with Crippen molar-refractivity contribution in [1.29, 1.82) is 0 Å². The smallest absolute Gasteiger partial charge is 0.274 e. The quantitative estimate of drug-likeness (QED) is 0.467. The number of anilines is 1. The van der Waals surface area contributed by atoms with Gasteiger partial charge in [0, 0.05) is 31.9 Å². The molecule has 3 rings (SSSR count). The highest BCUT2D eigenvalue weighted by atomic mass is 127. The Bertz CT molecular complexity index is 941. The highest BCUT2D eigenvalue weighted by Crippen LogP contribution is 2.15. The van der Waals surface area contributed by atoms with Gasteiger partial charge in [0.1, 0.15) is 5.76 Å². The fraction of sp³-hybridized carbons (Fsp3) is 0.333. The molecule has 0 aromatic carbocycles. The highest BCUT2D eigenvalue weighted by Gasteiger charge is 2.19. The molecule has 28 heavy (non-hydrogen) atoms. The molecule has 2 N–H and O–H groups in total. The highest BCUT2D eigenvalue weighted by molar-refractivity contribution is 14.1. The molecule has 9 nitrogen and oxygen atoms in total. The molecular formula is C18H21IN6O3. The van der Waals surface area contributed by atoms with E-state index in [0.29, 0.717) is 24.5 Å². The summed E-state index contributed by atoms with van der Waals surface area (Å²) in [5, 5.41) is 14.1. The predicted octanol–water partition coefficient (Wildman–Crippen LogP) is 2.56. The summed E-state index contributed by atoms with van der Waals surface area (Å²) in [5.41, 5.74) is 1.49. The molecule has 0 aliphatic carbocycles. The molecule has 0 unspecified atom stereocenters. The van der Waals surface area contributed by atoms with E-state index in [-0.39, 0.29) is 30.5 Å². The summed E-state index contributed by atoms with van der Waals surface area (Å²) in [6, 6.07) is 3.52. The summed E-state index contributed by atoms with van der Waals surface area (Å²) in [6.07, 6.45) is 5.33. The summed E-state index contributed by atoms with van der Waals surface area (Å²) in [6.45, 7) is 5.11. The first-order valence-electron chi connectivity index (χ1n) is 8.83.